The Balaban J connectivity index is 1.69. The number of rotatable bonds is 2. The molecule has 2 aliphatic heterocycles. The van der Waals surface area contributed by atoms with Crippen LogP contribution < -0.4 is 5.32 Å². The molecule has 2 heterocycles. The first-order chi connectivity index (χ1) is 11.0. The van der Waals surface area contributed by atoms with Crippen LogP contribution in [0, 0.1) is 5.82 Å². The Morgan fingerprint density at radius 1 is 1.22 bits per heavy atom. The van der Waals surface area contributed by atoms with Crippen LogP contribution in [0.5, 0.6) is 0 Å². The highest BCUT2D eigenvalue weighted by Gasteiger charge is 2.52. The molecular weight excluding hydrogens is 301 g/mol. The zero-order valence-corrected chi connectivity index (χ0v) is 12.8. The smallest absolute Gasteiger partial charge is 0.325 e. The van der Waals surface area contributed by atoms with E-state index in [0.717, 1.165) is 0 Å². The van der Waals surface area contributed by atoms with E-state index in [1.807, 2.05) is 0 Å². The lowest BCUT2D eigenvalue weighted by Gasteiger charge is -2.37. The normalized spacial score (nSPS) is 20.1. The summed E-state index contributed by atoms with van der Waals surface area (Å²) in [4.78, 5) is 39.5. The van der Waals surface area contributed by atoms with Crippen molar-refractivity contribution in [3.05, 3.63) is 35.6 Å². The summed E-state index contributed by atoms with van der Waals surface area (Å²) < 4.78 is 12.9. The van der Waals surface area contributed by atoms with E-state index in [1.54, 1.807) is 11.8 Å². The first-order valence-corrected chi connectivity index (χ1v) is 7.66. The highest BCUT2D eigenvalue weighted by atomic mass is 19.1. The summed E-state index contributed by atoms with van der Waals surface area (Å²) in [6.45, 7) is 2.84. The molecule has 0 atom stereocenters. The third-order valence-electron chi connectivity index (χ3n) is 4.56. The SMILES string of the molecule is CCN1C(=O)NC2(CCN(C(=O)c3ccc(F)cc3)CC2)C1=O. The van der Waals surface area contributed by atoms with Crippen LogP contribution in [0.4, 0.5) is 9.18 Å². The van der Waals surface area contributed by atoms with Crippen LogP contribution in [0.25, 0.3) is 0 Å². The molecular formula is C16H18FN3O3. The predicted octanol–water partition coefficient (Wildman–Crippen LogP) is 1.37. The van der Waals surface area contributed by atoms with Crippen LogP contribution in [0.3, 0.4) is 0 Å². The summed E-state index contributed by atoms with van der Waals surface area (Å²) >= 11 is 0. The second-order valence-corrected chi connectivity index (χ2v) is 5.86. The summed E-state index contributed by atoms with van der Waals surface area (Å²) in [5.74, 6) is -0.791. The minimum absolute atomic E-state index is 0.191. The van der Waals surface area contributed by atoms with E-state index in [0.29, 0.717) is 38.0 Å². The predicted molar refractivity (Wildman–Crippen MR) is 80.2 cm³/mol. The van der Waals surface area contributed by atoms with E-state index in [1.165, 1.54) is 29.2 Å². The number of piperidine rings is 1. The van der Waals surface area contributed by atoms with Crippen molar-refractivity contribution in [3.8, 4) is 0 Å². The molecule has 3 rings (SSSR count). The zero-order chi connectivity index (χ0) is 16.6. The first kappa shape index (κ1) is 15.5. The van der Waals surface area contributed by atoms with E-state index in [2.05, 4.69) is 5.32 Å². The Labute approximate surface area is 133 Å². The number of carbonyl (C=O) groups is 3. The lowest BCUT2D eigenvalue weighted by Crippen LogP contribution is -2.55. The van der Waals surface area contributed by atoms with Crippen molar-refractivity contribution in [1.82, 2.24) is 15.1 Å². The van der Waals surface area contributed by atoms with Gasteiger partial charge in [-0.05, 0) is 44.0 Å². The monoisotopic (exact) mass is 319 g/mol. The van der Waals surface area contributed by atoms with E-state index in [4.69, 9.17) is 0 Å². The van der Waals surface area contributed by atoms with Crippen LogP contribution in [0.1, 0.15) is 30.1 Å². The van der Waals surface area contributed by atoms with Gasteiger partial charge < -0.3 is 10.2 Å². The van der Waals surface area contributed by atoms with Crippen molar-refractivity contribution in [1.29, 1.82) is 0 Å². The number of nitrogens with zero attached hydrogens (tertiary/aromatic N) is 2. The molecule has 0 radical (unpaired) electrons. The number of nitrogens with one attached hydrogen (secondary N) is 1. The average molecular weight is 319 g/mol. The Hall–Kier alpha value is -2.44. The standard InChI is InChI=1S/C16H18FN3O3/c1-2-20-14(22)16(18-15(20)23)7-9-19(10-8-16)13(21)11-3-5-12(17)6-4-11/h3-6H,2,7-10H2,1H3,(H,18,23). The van der Waals surface area contributed by atoms with Gasteiger partial charge in [-0.2, -0.15) is 0 Å². The third-order valence-corrected chi connectivity index (χ3v) is 4.56. The van der Waals surface area contributed by atoms with Gasteiger partial charge in [0, 0.05) is 25.2 Å². The van der Waals surface area contributed by atoms with E-state index in [-0.39, 0.29) is 17.8 Å². The molecule has 1 aromatic rings. The van der Waals surface area contributed by atoms with Gasteiger partial charge in [-0.1, -0.05) is 0 Å². The molecule has 6 nitrogen and oxygen atoms in total. The summed E-state index contributed by atoms with van der Waals surface area (Å²) in [5, 5.41) is 2.78. The summed E-state index contributed by atoms with van der Waals surface area (Å²) in [7, 11) is 0. The van der Waals surface area contributed by atoms with Crippen molar-refractivity contribution >= 4 is 17.8 Å². The highest BCUT2D eigenvalue weighted by Crippen LogP contribution is 2.29. The van der Waals surface area contributed by atoms with Gasteiger partial charge in [-0.15, -0.1) is 0 Å². The van der Waals surface area contributed by atoms with Gasteiger partial charge in [0.05, 0.1) is 0 Å². The lowest BCUT2D eigenvalue weighted by molar-refractivity contribution is -0.132. The zero-order valence-electron chi connectivity index (χ0n) is 12.8. The maximum atomic E-state index is 12.9. The molecule has 2 aliphatic rings. The summed E-state index contributed by atoms with van der Waals surface area (Å²) in [5.41, 5.74) is -0.466. The van der Waals surface area contributed by atoms with Crippen LogP contribution >= 0.6 is 0 Å². The van der Waals surface area contributed by atoms with Crippen LogP contribution in [0.2, 0.25) is 0 Å². The van der Waals surface area contributed by atoms with E-state index >= 15 is 0 Å². The molecule has 0 unspecified atom stereocenters. The molecule has 4 amide bonds. The summed E-state index contributed by atoms with van der Waals surface area (Å²) in [6.07, 6.45) is 0.780. The number of likely N-dealkylation sites (N-methyl/N-ethyl adjacent to an activating group) is 1. The fraction of sp³-hybridized carbons (Fsp3) is 0.438. The van der Waals surface area contributed by atoms with E-state index < -0.39 is 11.4 Å². The first-order valence-electron chi connectivity index (χ1n) is 7.66. The number of hydrogen-bond acceptors (Lipinski definition) is 3. The van der Waals surface area contributed by atoms with Crippen LogP contribution in [0.15, 0.2) is 24.3 Å². The van der Waals surface area contributed by atoms with Gasteiger partial charge >= 0.3 is 6.03 Å². The van der Waals surface area contributed by atoms with Crippen molar-refractivity contribution in [2.24, 2.45) is 0 Å². The lowest BCUT2D eigenvalue weighted by atomic mass is 9.87. The Kier molecular flexibility index (Phi) is 3.79. The fourth-order valence-electron chi connectivity index (χ4n) is 3.17. The minimum Gasteiger partial charge on any atom is -0.338 e. The minimum atomic E-state index is -0.882. The number of benzene rings is 1. The molecule has 23 heavy (non-hydrogen) atoms. The largest absolute Gasteiger partial charge is 0.338 e. The van der Waals surface area contributed by atoms with Crippen molar-refractivity contribution in [3.63, 3.8) is 0 Å². The molecule has 1 aromatic carbocycles. The number of amides is 4. The van der Waals surface area contributed by atoms with Crippen molar-refractivity contribution < 1.29 is 18.8 Å². The van der Waals surface area contributed by atoms with E-state index in [9.17, 15) is 18.8 Å². The van der Waals surface area contributed by atoms with Gasteiger partial charge in [-0.25, -0.2) is 9.18 Å². The average Bonchev–Trinajstić information content (AvgIpc) is 2.78. The maximum absolute atomic E-state index is 12.9. The second kappa shape index (κ2) is 5.64. The number of halogens is 1. The van der Waals surface area contributed by atoms with Crippen LogP contribution in [-0.2, 0) is 4.79 Å². The molecule has 2 saturated heterocycles. The molecule has 1 N–H and O–H groups in total. The highest BCUT2D eigenvalue weighted by molar-refractivity contribution is 6.07. The van der Waals surface area contributed by atoms with Gasteiger partial charge in [0.2, 0.25) is 0 Å². The quantitative estimate of drug-likeness (QED) is 0.837. The summed E-state index contributed by atoms with van der Waals surface area (Å²) in [6, 6.07) is 5.03. The molecule has 7 heteroatoms. The van der Waals surface area contributed by atoms with Crippen molar-refractivity contribution in [2.75, 3.05) is 19.6 Å². The van der Waals surface area contributed by atoms with Crippen molar-refractivity contribution in [2.45, 2.75) is 25.3 Å². The third kappa shape index (κ3) is 2.56. The molecule has 122 valence electrons. The molecule has 2 fully saturated rings. The molecule has 0 aromatic heterocycles. The number of likely N-dealkylation sites (tertiary alicyclic amines) is 1. The Morgan fingerprint density at radius 3 is 2.35 bits per heavy atom. The number of hydrogen-bond donors (Lipinski definition) is 1. The van der Waals surface area contributed by atoms with Gasteiger partial charge in [0.1, 0.15) is 11.4 Å². The maximum Gasteiger partial charge on any atom is 0.325 e. The number of carbonyl (C=O) groups excluding carboxylic acids is 3. The number of urea groups is 1. The Bertz CT molecular complexity index is 651. The van der Waals surface area contributed by atoms with Gasteiger partial charge in [0.25, 0.3) is 11.8 Å². The van der Waals surface area contributed by atoms with Gasteiger partial charge in [0.15, 0.2) is 0 Å². The molecule has 1 spiro atoms. The molecule has 0 saturated carbocycles. The topological polar surface area (TPSA) is 69.7 Å². The molecule has 0 aliphatic carbocycles. The van der Waals surface area contributed by atoms with Gasteiger partial charge in [-0.3, -0.25) is 14.5 Å². The van der Waals surface area contributed by atoms with Crippen LogP contribution in [-0.4, -0.2) is 52.8 Å². The number of imide groups is 1. The molecule has 0 bridgehead atoms. The second-order valence-electron chi connectivity index (χ2n) is 5.86. The Morgan fingerprint density at radius 2 is 1.83 bits per heavy atom. The fourth-order valence-corrected chi connectivity index (χ4v) is 3.17.